The molecule has 0 bridgehead atoms. The van der Waals surface area contributed by atoms with Crippen LogP contribution in [0.15, 0.2) is 91.0 Å². The van der Waals surface area contributed by atoms with Gasteiger partial charge in [0.1, 0.15) is 37.1 Å². The highest BCUT2D eigenvalue weighted by Gasteiger charge is 2.04. The van der Waals surface area contributed by atoms with Gasteiger partial charge in [0.05, 0.1) is 6.54 Å². The maximum absolute atomic E-state index is 12.2. The molecule has 0 saturated heterocycles. The van der Waals surface area contributed by atoms with Crippen molar-refractivity contribution in [2.45, 2.75) is 6.92 Å². The molecule has 0 unspecified atom stereocenters. The first-order valence-corrected chi connectivity index (χ1v) is 10.4. The second-order valence-corrected chi connectivity index (χ2v) is 7.21. The molecule has 0 aliphatic carbocycles. The van der Waals surface area contributed by atoms with E-state index in [0.29, 0.717) is 25.5 Å². The van der Waals surface area contributed by atoms with E-state index in [-0.39, 0.29) is 12.5 Å². The first kappa shape index (κ1) is 22.7. The highest BCUT2D eigenvalue weighted by Crippen LogP contribution is 2.17. The van der Waals surface area contributed by atoms with Crippen molar-refractivity contribution in [1.82, 2.24) is 0 Å². The van der Waals surface area contributed by atoms with Gasteiger partial charge in [0.2, 0.25) is 5.91 Å². The van der Waals surface area contributed by atoms with Crippen molar-refractivity contribution in [3.05, 3.63) is 91.0 Å². The molecule has 0 heterocycles. The van der Waals surface area contributed by atoms with Crippen molar-refractivity contribution in [3.8, 4) is 17.2 Å². The summed E-state index contributed by atoms with van der Waals surface area (Å²) in [7, 11) is 0. The minimum absolute atomic E-state index is 0.140. The van der Waals surface area contributed by atoms with Gasteiger partial charge in [-0.05, 0) is 73.2 Å². The lowest BCUT2D eigenvalue weighted by Gasteiger charge is -2.11. The van der Waals surface area contributed by atoms with E-state index in [4.69, 9.17) is 14.2 Å². The Balaban J connectivity index is 1.35. The Labute approximate surface area is 188 Å². The van der Waals surface area contributed by atoms with E-state index in [2.05, 4.69) is 17.2 Å². The number of benzene rings is 3. The third-order valence-electron chi connectivity index (χ3n) is 4.29. The van der Waals surface area contributed by atoms with Crippen molar-refractivity contribution in [3.63, 3.8) is 0 Å². The van der Waals surface area contributed by atoms with Gasteiger partial charge in [0, 0.05) is 11.4 Å². The van der Waals surface area contributed by atoms with Crippen LogP contribution in [0.4, 0.5) is 11.4 Å². The first-order valence-electron chi connectivity index (χ1n) is 10.4. The summed E-state index contributed by atoms with van der Waals surface area (Å²) < 4.78 is 16.8. The number of nitrogens with one attached hydrogen (secondary N) is 2. The predicted molar refractivity (Wildman–Crippen MR) is 128 cm³/mol. The quantitative estimate of drug-likeness (QED) is 0.306. The topological polar surface area (TPSA) is 68.8 Å². The number of hydrogen-bond donors (Lipinski definition) is 2. The molecular weight excluding hydrogens is 404 g/mol. The molecule has 166 valence electrons. The maximum atomic E-state index is 12.2. The molecule has 1 amide bonds. The smallest absolute Gasteiger partial charge is 0.243 e. The van der Waals surface area contributed by atoms with E-state index in [1.807, 2.05) is 73.7 Å². The first-order chi connectivity index (χ1) is 15.6. The van der Waals surface area contributed by atoms with E-state index in [0.717, 1.165) is 28.5 Å². The summed E-state index contributed by atoms with van der Waals surface area (Å²) in [6, 6.07) is 24.3. The fourth-order valence-electron chi connectivity index (χ4n) is 2.73. The number of anilines is 2. The van der Waals surface area contributed by atoms with Crippen LogP contribution in [0.25, 0.3) is 0 Å². The van der Waals surface area contributed by atoms with E-state index < -0.39 is 0 Å². The van der Waals surface area contributed by atoms with Gasteiger partial charge >= 0.3 is 0 Å². The monoisotopic (exact) mass is 432 g/mol. The summed E-state index contributed by atoms with van der Waals surface area (Å²) in [5, 5.41) is 5.95. The van der Waals surface area contributed by atoms with Crippen LogP contribution in [0.1, 0.15) is 6.92 Å². The Kier molecular flexibility index (Phi) is 8.57. The summed E-state index contributed by atoms with van der Waals surface area (Å²) in [5.74, 6) is 2.16. The molecule has 0 spiro atoms. The van der Waals surface area contributed by atoms with Crippen LogP contribution in [0.2, 0.25) is 0 Å². The number of hydrogen-bond acceptors (Lipinski definition) is 5. The highest BCUT2D eigenvalue weighted by atomic mass is 16.5. The normalized spacial score (nSPS) is 10.2. The van der Waals surface area contributed by atoms with Gasteiger partial charge in [0.15, 0.2) is 0 Å². The Morgan fingerprint density at radius 3 is 1.88 bits per heavy atom. The molecule has 0 radical (unpaired) electrons. The third kappa shape index (κ3) is 8.07. The predicted octanol–water partition coefficient (Wildman–Crippen LogP) is 5.15. The van der Waals surface area contributed by atoms with Crippen LogP contribution in [-0.4, -0.2) is 32.3 Å². The van der Waals surface area contributed by atoms with Crippen molar-refractivity contribution >= 4 is 17.3 Å². The van der Waals surface area contributed by atoms with Crippen LogP contribution in [0.5, 0.6) is 17.2 Å². The van der Waals surface area contributed by atoms with E-state index in [1.54, 1.807) is 12.1 Å². The number of para-hydroxylation sites is 1. The molecule has 2 N–H and O–H groups in total. The molecule has 3 aromatic carbocycles. The molecule has 0 aromatic heterocycles. The standard InChI is InChI=1S/C26H28N2O4/c1-20(2)19-32-25-14-10-22(11-15-25)28-26(29)18-27-21-8-12-24(13-9-21)31-17-16-30-23-6-4-3-5-7-23/h3-15,27H,1,16-19H2,2H3,(H,28,29). The summed E-state index contributed by atoms with van der Waals surface area (Å²) in [4.78, 5) is 12.2. The van der Waals surface area contributed by atoms with Crippen LogP contribution in [0.3, 0.4) is 0 Å². The molecule has 6 nitrogen and oxygen atoms in total. The van der Waals surface area contributed by atoms with Crippen LogP contribution >= 0.6 is 0 Å². The maximum Gasteiger partial charge on any atom is 0.243 e. The zero-order chi connectivity index (χ0) is 22.6. The lowest BCUT2D eigenvalue weighted by molar-refractivity contribution is -0.114. The molecule has 0 fully saturated rings. The second kappa shape index (κ2) is 12.1. The van der Waals surface area contributed by atoms with Gasteiger partial charge in [0.25, 0.3) is 0 Å². The number of ether oxygens (including phenoxy) is 3. The van der Waals surface area contributed by atoms with Crippen molar-refractivity contribution in [1.29, 1.82) is 0 Å². The van der Waals surface area contributed by atoms with E-state index >= 15 is 0 Å². The summed E-state index contributed by atoms with van der Waals surface area (Å²) in [6.07, 6.45) is 0. The Morgan fingerprint density at radius 2 is 1.28 bits per heavy atom. The van der Waals surface area contributed by atoms with Gasteiger partial charge in [-0.15, -0.1) is 0 Å². The Morgan fingerprint density at radius 1 is 0.750 bits per heavy atom. The number of amides is 1. The molecule has 3 aromatic rings. The Bertz CT molecular complexity index is 987. The molecule has 6 heteroatoms. The summed E-state index contributed by atoms with van der Waals surface area (Å²) >= 11 is 0. The van der Waals surface area contributed by atoms with Gasteiger partial charge in [-0.25, -0.2) is 0 Å². The van der Waals surface area contributed by atoms with E-state index in [1.165, 1.54) is 0 Å². The van der Waals surface area contributed by atoms with Crippen LogP contribution in [0, 0.1) is 0 Å². The average Bonchev–Trinajstić information content (AvgIpc) is 2.81. The second-order valence-electron chi connectivity index (χ2n) is 7.21. The molecule has 0 aliphatic rings. The van der Waals surface area contributed by atoms with Crippen molar-refractivity contribution in [2.24, 2.45) is 0 Å². The van der Waals surface area contributed by atoms with Gasteiger partial charge < -0.3 is 24.8 Å². The number of carbonyl (C=O) groups excluding carboxylic acids is 1. The number of carbonyl (C=O) groups is 1. The molecular formula is C26H28N2O4. The van der Waals surface area contributed by atoms with Gasteiger partial charge in [-0.2, -0.15) is 0 Å². The molecule has 0 saturated carbocycles. The summed E-state index contributed by atoms with van der Waals surface area (Å²) in [5.41, 5.74) is 2.49. The SMILES string of the molecule is C=C(C)COc1ccc(NC(=O)CNc2ccc(OCCOc3ccccc3)cc2)cc1. The van der Waals surface area contributed by atoms with Gasteiger partial charge in [-0.1, -0.05) is 24.8 Å². The Hall–Kier alpha value is -3.93. The highest BCUT2D eigenvalue weighted by molar-refractivity contribution is 5.93. The van der Waals surface area contributed by atoms with Crippen molar-refractivity contribution in [2.75, 3.05) is 37.0 Å². The van der Waals surface area contributed by atoms with Crippen molar-refractivity contribution < 1.29 is 19.0 Å². The average molecular weight is 433 g/mol. The van der Waals surface area contributed by atoms with Crippen LogP contribution in [-0.2, 0) is 4.79 Å². The van der Waals surface area contributed by atoms with Gasteiger partial charge in [-0.3, -0.25) is 4.79 Å². The minimum atomic E-state index is -0.140. The fourth-order valence-corrected chi connectivity index (χ4v) is 2.73. The summed E-state index contributed by atoms with van der Waals surface area (Å²) in [6.45, 7) is 7.24. The third-order valence-corrected chi connectivity index (χ3v) is 4.29. The molecule has 0 aliphatic heterocycles. The lowest BCUT2D eigenvalue weighted by Crippen LogP contribution is -2.21. The zero-order valence-electron chi connectivity index (χ0n) is 18.2. The molecule has 0 atom stereocenters. The largest absolute Gasteiger partial charge is 0.490 e. The lowest BCUT2D eigenvalue weighted by atomic mass is 10.3. The minimum Gasteiger partial charge on any atom is -0.490 e. The zero-order valence-corrected chi connectivity index (χ0v) is 18.2. The number of rotatable bonds is 12. The fraction of sp³-hybridized carbons (Fsp3) is 0.192. The molecule has 3 rings (SSSR count). The molecule has 32 heavy (non-hydrogen) atoms. The van der Waals surface area contributed by atoms with Crippen LogP contribution < -0.4 is 24.8 Å². The van der Waals surface area contributed by atoms with E-state index in [9.17, 15) is 4.79 Å².